The highest BCUT2D eigenvalue weighted by atomic mass is 32.2. The van der Waals surface area contributed by atoms with Gasteiger partial charge in [-0.2, -0.15) is 21.4 Å². The summed E-state index contributed by atoms with van der Waals surface area (Å²) in [5.41, 5.74) is 1.22. The molecule has 58 heavy (non-hydrogen) atoms. The minimum Gasteiger partial charge on any atom is -0.466 e. The van der Waals surface area contributed by atoms with Gasteiger partial charge < -0.3 is 4.74 Å². The van der Waals surface area contributed by atoms with Crippen molar-refractivity contribution in [2.45, 2.75) is 92.0 Å². The van der Waals surface area contributed by atoms with Gasteiger partial charge in [0.1, 0.15) is 0 Å². The fraction of sp³-hybridized carbons (Fsp3) is 0.500. The van der Waals surface area contributed by atoms with Crippen LogP contribution >= 0.6 is 0 Å². The van der Waals surface area contributed by atoms with E-state index in [4.69, 9.17) is 13.1 Å². The molecule has 4 rings (SSSR count). The van der Waals surface area contributed by atoms with Gasteiger partial charge in [-0.25, -0.2) is 12.7 Å². The number of ether oxygens (including phenoxy) is 1. The molecule has 0 aliphatic carbocycles. The quantitative estimate of drug-likeness (QED) is 0.0408. The Morgan fingerprint density at radius 2 is 1.17 bits per heavy atom. The zero-order chi connectivity index (χ0) is 42.9. The van der Waals surface area contributed by atoms with Crippen LogP contribution in [0.4, 0.5) is 0 Å². The summed E-state index contributed by atoms with van der Waals surface area (Å²) in [5.74, 6) is -1.94. The summed E-state index contributed by atoms with van der Waals surface area (Å²) >= 11 is 0. The van der Waals surface area contributed by atoms with Crippen LogP contribution in [0.25, 0.3) is 21.8 Å². The second-order valence-electron chi connectivity index (χ2n) is 16.6. The van der Waals surface area contributed by atoms with E-state index >= 15 is 0 Å². The van der Waals surface area contributed by atoms with Crippen LogP contribution in [0.3, 0.4) is 0 Å². The van der Waals surface area contributed by atoms with E-state index in [1.165, 1.54) is 12.1 Å². The van der Waals surface area contributed by atoms with E-state index in [0.29, 0.717) is 34.6 Å². The molecule has 0 bridgehead atoms. The monoisotopic (exact) mass is 861 g/mol. The Morgan fingerprint density at radius 1 is 0.672 bits per heavy atom. The number of para-hydroxylation sites is 2. The second-order valence-corrected chi connectivity index (χ2v) is 22.0. The van der Waals surface area contributed by atoms with Crippen molar-refractivity contribution in [1.29, 1.82) is 0 Å². The van der Waals surface area contributed by atoms with Gasteiger partial charge in [-0.1, -0.05) is 77.9 Å². The van der Waals surface area contributed by atoms with Crippen LogP contribution in [0.1, 0.15) is 90.1 Å². The first-order valence-electron chi connectivity index (χ1n) is 19.4. The van der Waals surface area contributed by atoms with E-state index in [2.05, 4.69) is 0 Å². The molecule has 0 saturated heterocycles. The molecule has 0 unspecified atom stereocenters. The number of esters is 1. The molecule has 1 heterocycles. The van der Waals surface area contributed by atoms with E-state index in [1.54, 1.807) is 67.6 Å². The van der Waals surface area contributed by atoms with Crippen molar-refractivity contribution in [3.8, 4) is 0 Å². The van der Waals surface area contributed by atoms with Crippen LogP contribution in [-0.2, 0) is 61.1 Å². The number of carbonyl (C=O) groups is 2. The Bertz CT molecular complexity index is 2340. The lowest BCUT2D eigenvalue weighted by Gasteiger charge is -2.24. The predicted octanol–water partition coefficient (Wildman–Crippen LogP) is 6.56. The van der Waals surface area contributed by atoms with Gasteiger partial charge >= 0.3 is 5.97 Å². The maximum absolute atomic E-state index is 15.0. The molecule has 3 aromatic carbocycles. The van der Waals surface area contributed by atoms with Gasteiger partial charge in [0.25, 0.3) is 36.2 Å². The summed E-state index contributed by atoms with van der Waals surface area (Å²) in [6.07, 6.45) is 1.16. The van der Waals surface area contributed by atoms with Gasteiger partial charge in [-0.3, -0.25) is 18.0 Å². The molecule has 0 aliphatic heterocycles. The zero-order valence-corrected chi connectivity index (χ0v) is 37.0. The Balaban J connectivity index is 1.74. The largest absolute Gasteiger partial charge is 0.466 e. The number of amides is 1. The number of pyridine rings is 1. The number of sulfonamides is 1. The normalized spacial score (nSPS) is 12.9. The number of hydrogen-bond donors (Lipinski definition) is 0. The summed E-state index contributed by atoms with van der Waals surface area (Å²) in [6, 6.07) is 20.0. The van der Waals surface area contributed by atoms with Gasteiger partial charge in [0.2, 0.25) is 11.0 Å². The van der Waals surface area contributed by atoms with E-state index in [9.17, 15) is 34.8 Å². The highest BCUT2D eigenvalue weighted by molar-refractivity contribution is 7.89. The Kier molecular flexibility index (Phi) is 15.6. The average molecular weight is 862 g/mol. The number of benzene rings is 3. The van der Waals surface area contributed by atoms with Crippen molar-refractivity contribution in [1.82, 2.24) is 4.31 Å². The standard InChI is InChI=1S/C42H57N2O11S3/c1-8-53-38(45)21-13-16-32-22-24-33(25-23-32)58(51,52)44(27-15-29-57(49,50)55-31-42(5,6)7)40(46)39-34-17-9-11-19-36(34)43(37-20-12-10-18-35(37)39)26-14-28-56(47,48)54-30-41(2,3)4/h9-12,17-20,22-25H,8,13-16,21,26-31H2,1-7H3/q+1. The van der Waals surface area contributed by atoms with Crippen LogP contribution in [-0.4, -0.2) is 79.3 Å². The number of aryl methyl sites for hydroxylation is 2. The molecule has 0 fully saturated rings. The number of nitrogens with zero attached hydrogens (tertiary/aromatic N) is 2. The third kappa shape index (κ3) is 13.3. The van der Waals surface area contributed by atoms with Gasteiger partial charge in [0, 0.05) is 31.5 Å². The fourth-order valence-electron chi connectivity index (χ4n) is 6.10. The predicted molar refractivity (Wildman–Crippen MR) is 224 cm³/mol. The molecular formula is C42H57N2O11S3+. The summed E-state index contributed by atoms with van der Waals surface area (Å²) in [5, 5.41) is 0.854. The van der Waals surface area contributed by atoms with E-state index < -0.39 is 53.9 Å². The van der Waals surface area contributed by atoms with Crippen molar-refractivity contribution in [2.24, 2.45) is 10.8 Å². The van der Waals surface area contributed by atoms with Crippen LogP contribution < -0.4 is 4.57 Å². The molecule has 13 nitrogen and oxygen atoms in total. The highest BCUT2D eigenvalue weighted by Crippen LogP contribution is 2.30. The molecule has 0 N–H and O–H groups in total. The number of hydrogen-bond acceptors (Lipinski definition) is 11. The lowest BCUT2D eigenvalue weighted by Crippen LogP contribution is -2.41. The first-order chi connectivity index (χ1) is 27.0. The van der Waals surface area contributed by atoms with Crippen molar-refractivity contribution in [3.05, 3.63) is 83.9 Å². The number of aromatic nitrogens is 1. The molecular weight excluding hydrogens is 805 g/mol. The Morgan fingerprint density at radius 3 is 1.67 bits per heavy atom. The molecule has 0 saturated carbocycles. The SMILES string of the molecule is CCOC(=O)CCCc1ccc(S(=O)(=O)N(CCCS(=O)(=O)OCC(C)(C)C)C(=O)c2c3ccccc3[n+](CCCS(=O)(=O)OCC(C)(C)C)c3ccccc23)cc1. The van der Waals surface area contributed by atoms with Crippen molar-refractivity contribution in [2.75, 3.05) is 37.9 Å². The Labute approximate surface area is 344 Å². The average Bonchev–Trinajstić information content (AvgIpc) is 3.14. The summed E-state index contributed by atoms with van der Waals surface area (Å²) in [7, 11) is -12.5. The Hall–Kier alpha value is -3.96. The first kappa shape index (κ1) is 46.7. The van der Waals surface area contributed by atoms with E-state index in [0.717, 1.165) is 9.87 Å². The smallest absolute Gasteiger partial charge is 0.305 e. The highest BCUT2D eigenvalue weighted by Gasteiger charge is 2.35. The lowest BCUT2D eigenvalue weighted by molar-refractivity contribution is -0.645. The van der Waals surface area contributed by atoms with Crippen LogP contribution in [0, 0.1) is 10.8 Å². The molecule has 0 spiro atoms. The van der Waals surface area contributed by atoms with Gasteiger partial charge in [0.05, 0.1) is 52.6 Å². The molecule has 318 valence electrons. The van der Waals surface area contributed by atoms with Gasteiger partial charge in [-0.05, 0) is 66.8 Å². The summed E-state index contributed by atoms with van der Waals surface area (Å²) in [4.78, 5) is 26.6. The molecule has 1 aromatic heterocycles. The minimum atomic E-state index is -4.57. The lowest BCUT2D eigenvalue weighted by atomic mass is 9.99. The molecule has 16 heteroatoms. The van der Waals surface area contributed by atoms with Crippen LogP contribution in [0.5, 0.6) is 0 Å². The number of carbonyl (C=O) groups excluding carboxylic acids is 2. The number of fused-ring (bicyclic) bond motifs is 2. The van der Waals surface area contributed by atoms with Gasteiger partial charge in [-0.15, -0.1) is 0 Å². The second kappa shape index (κ2) is 19.4. The fourth-order valence-corrected chi connectivity index (χ4v) is 9.78. The van der Waals surface area contributed by atoms with Crippen LogP contribution in [0.15, 0.2) is 77.7 Å². The molecule has 0 atom stereocenters. The first-order valence-corrected chi connectivity index (χ1v) is 24.0. The van der Waals surface area contributed by atoms with Crippen LogP contribution in [0.2, 0.25) is 0 Å². The molecule has 1 amide bonds. The molecule has 4 aromatic rings. The van der Waals surface area contributed by atoms with E-state index in [1.807, 2.05) is 46.1 Å². The molecule has 0 radical (unpaired) electrons. The third-order valence-corrected chi connectivity index (χ3v) is 13.2. The molecule has 0 aliphatic rings. The number of rotatable bonds is 20. The minimum absolute atomic E-state index is 0.0433. The van der Waals surface area contributed by atoms with E-state index in [-0.39, 0.29) is 73.2 Å². The summed E-state index contributed by atoms with van der Waals surface area (Å²) < 4.78 is 98.4. The topological polar surface area (TPSA) is 171 Å². The maximum atomic E-state index is 15.0. The third-order valence-electron chi connectivity index (χ3n) is 8.91. The van der Waals surface area contributed by atoms with Crippen molar-refractivity contribution < 1.29 is 52.5 Å². The van der Waals surface area contributed by atoms with Gasteiger partial charge in [0.15, 0.2) is 6.54 Å². The summed E-state index contributed by atoms with van der Waals surface area (Å²) in [6.45, 7) is 12.9. The zero-order valence-electron chi connectivity index (χ0n) is 34.5. The van der Waals surface area contributed by atoms with Crippen molar-refractivity contribution in [3.63, 3.8) is 0 Å². The maximum Gasteiger partial charge on any atom is 0.305 e. The van der Waals surface area contributed by atoms with Crippen molar-refractivity contribution >= 4 is 63.9 Å².